The summed E-state index contributed by atoms with van der Waals surface area (Å²) in [4.78, 5) is 28.9. The highest BCUT2D eigenvalue weighted by atomic mass is 35.5. The number of benzene rings is 4. The Balaban J connectivity index is 1.65. The van der Waals surface area contributed by atoms with E-state index in [1.54, 1.807) is 55.5 Å². The van der Waals surface area contributed by atoms with Crippen molar-refractivity contribution in [3.8, 4) is 11.5 Å². The molecule has 8 nitrogen and oxygen atoms in total. The first-order valence-electron chi connectivity index (χ1n) is 13.8. The van der Waals surface area contributed by atoms with E-state index in [0.29, 0.717) is 28.8 Å². The first-order chi connectivity index (χ1) is 20.6. The molecule has 0 saturated heterocycles. The number of amides is 2. The summed E-state index contributed by atoms with van der Waals surface area (Å²) in [5.74, 6) is 0.287. The molecule has 0 saturated carbocycles. The number of hydrogen-bond donors (Lipinski definition) is 1. The van der Waals surface area contributed by atoms with Crippen LogP contribution in [-0.4, -0.2) is 50.5 Å². The van der Waals surface area contributed by atoms with E-state index in [1.165, 1.54) is 4.90 Å². The fourth-order valence-corrected chi connectivity index (χ4v) is 5.53. The number of carbonyl (C=O) groups is 2. The van der Waals surface area contributed by atoms with Crippen LogP contribution in [0.2, 0.25) is 5.02 Å². The normalized spacial score (nSPS) is 11.8. The van der Waals surface area contributed by atoms with Crippen molar-refractivity contribution in [2.24, 2.45) is 0 Å². The molecule has 224 valence electrons. The van der Waals surface area contributed by atoms with Crippen LogP contribution in [0.1, 0.15) is 18.1 Å². The van der Waals surface area contributed by atoms with Crippen LogP contribution in [0.25, 0.3) is 0 Å². The molecule has 0 unspecified atom stereocenters. The predicted molar refractivity (Wildman–Crippen MR) is 170 cm³/mol. The van der Waals surface area contributed by atoms with Gasteiger partial charge in [0.05, 0.1) is 11.9 Å². The number of ether oxygens (including phenoxy) is 1. The van der Waals surface area contributed by atoms with Crippen LogP contribution < -0.4 is 14.4 Å². The number of halogens is 1. The third-order valence-corrected chi connectivity index (χ3v) is 8.06. The van der Waals surface area contributed by atoms with E-state index >= 15 is 0 Å². The van der Waals surface area contributed by atoms with Crippen LogP contribution >= 0.6 is 11.6 Å². The van der Waals surface area contributed by atoms with Crippen molar-refractivity contribution >= 4 is 39.1 Å². The van der Waals surface area contributed by atoms with Gasteiger partial charge < -0.3 is 15.0 Å². The second kappa shape index (κ2) is 14.7. The zero-order chi connectivity index (χ0) is 30.8. The second-order valence-electron chi connectivity index (χ2n) is 9.93. The van der Waals surface area contributed by atoms with Crippen molar-refractivity contribution in [3.63, 3.8) is 0 Å². The SMILES string of the molecule is CCNC(=O)[C@@H](Cc1ccccc1)N(Cc1ccc(Cl)cc1)C(=O)CN(c1ccc(Oc2ccccc2)cc1)S(C)(=O)=O. The monoisotopic (exact) mass is 619 g/mol. The summed E-state index contributed by atoms with van der Waals surface area (Å²) in [6.45, 7) is 1.75. The van der Waals surface area contributed by atoms with Gasteiger partial charge in [0.2, 0.25) is 21.8 Å². The maximum absolute atomic E-state index is 14.1. The van der Waals surface area contributed by atoms with Crippen LogP contribution in [0, 0.1) is 0 Å². The zero-order valence-electron chi connectivity index (χ0n) is 24.0. The first-order valence-corrected chi connectivity index (χ1v) is 16.0. The van der Waals surface area contributed by atoms with Crippen LogP contribution in [0.3, 0.4) is 0 Å². The highest BCUT2D eigenvalue weighted by molar-refractivity contribution is 7.92. The Bertz CT molecular complexity index is 1600. The minimum absolute atomic E-state index is 0.0755. The minimum Gasteiger partial charge on any atom is -0.457 e. The van der Waals surface area contributed by atoms with E-state index in [2.05, 4.69) is 5.32 Å². The quantitative estimate of drug-likeness (QED) is 0.208. The Labute approximate surface area is 257 Å². The molecule has 0 aliphatic carbocycles. The van der Waals surface area contributed by atoms with Crippen molar-refractivity contribution in [1.29, 1.82) is 0 Å². The van der Waals surface area contributed by atoms with Gasteiger partial charge in [0.25, 0.3) is 0 Å². The third kappa shape index (κ3) is 9.07. The maximum atomic E-state index is 14.1. The van der Waals surface area contributed by atoms with Crippen LogP contribution in [0.4, 0.5) is 5.69 Å². The lowest BCUT2D eigenvalue weighted by Gasteiger charge is -2.33. The number of rotatable bonds is 13. The number of nitrogens with one attached hydrogen (secondary N) is 1. The fourth-order valence-electron chi connectivity index (χ4n) is 4.55. The van der Waals surface area contributed by atoms with Crippen molar-refractivity contribution in [2.75, 3.05) is 23.7 Å². The highest BCUT2D eigenvalue weighted by Gasteiger charge is 2.32. The molecule has 4 aromatic carbocycles. The number of sulfonamides is 1. The second-order valence-corrected chi connectivity index (χ2v) is 12.3. The molecule has 0 aliphatic rings. The summed E-state index contributed by atoms with van der Waals surface area (Å²) in [6.07, 6.45) is 1.29. The minimum atomic E-state index is -3.88. The molecule has 0 aliphatic heterocycles. The van der Waals surface area contributed by atoms with Gasteiger partial charge in [0.1, 0.15) is 24.1 Å². The summed E-state index contributed by atoms with van der Waals surface area (Å²) < 4.78 is 32.8. The molecular formula is C33H34ClN3O5S. The van der Waals surface area contributed by atoms with E-state index in [1.807, 2.05) is 60.7 Å². The lowest BCUT2D eigenvalue weighted by Crippen LogP contribution is -2.53. The van der Waals surface area contributed by atoms with Crippen molar-refractivity contribution in [2.45, 2.75) is 25.9 Å². The van der Waals surface area contributed by atoms with Crippen molar-refractivity contribution in [1.82, 2.24) is 10.2 Å². The van der Waals surface area contributed by atoms with Gasteiger partial charge in [-0.1, -0.05) is 72.3 Å². The molecule has 43 heavy (non-hydrogen) atoms. The smallest absolute Gasteiger partial charge is 0.244 e. The number of likely N-dealkylation sites (N-methyl/N-ethyl adjacent to an activating group) is 1. The van der Waals surface area contributed by atoms with E-state index in [0.717, 1.165) is 21.7 Å². The van der Waals surface area contributed by atoms with Gasteiger partial charge in [0, 0.05) is 24.5 Å². The Kier molecular flexibility index (Phi) is 10.8. The van der Waals surface area contributed by atoms with Gasteiger partial charge >= 0.3 is 0 Å². The van der Waals surface area contributed by atoms with Crippen LogP contribution in [0.5, 0.6) is 11.5 Å². The van der Waals surface area contributed by atoms with Gasteiger partial charge in [-0.2, -0.15) is 0 Å². The standard InChI is InChI=1S/C33H34ClN3O5S/c1-3-35-33(39)31(22-25-10-6-4-7-11-25)36(23-26-14-16-27(34)17-15-26)32(38)24-37(43(2,40)41)28-18-20-30(21-19-28)42-29-12-8-5-9-13-29/h4-21,31H,3,22-24H2,1-2H3,(H,35,39)/t31-/m1/s1. The number of carbonyl (C=O) groups excluding carboxylic acids is 2. The average molecular weight is 620 g/mol. The number of para-hydroxylation sites is 1. The lowest BCUT2D eigenvalue weighted by atomic mass is 10.0. The number of anilines is 1. The number of nitrogens with zero attached hydrogens (tertiary/aromatic N) is 2. The highest BCUT2D eigenvalue weighted by Crippen LogP contribution is 2.26. The topological polar surface area (TPSA) is 96.0 Å². The van der Waals surface area contributed by atoms with Gasteiger partial charge in [-0.3, -0.25) is 13.9 Å². The Morgan fingerprint density at radius 3 is 1.98 bits per heavy atom. The predicted octanol–water partition coefficient (Wildman–Crippen LogP) is 5.67. The van der Waals surface area contributed by atoms with Crippen LogP contribution in [0.15, 0.2) is 109 Å². The average Bonchev–Trinajstić information content (AvgIpc) is 2.99. The lowest BCUT2D eigenvalue weighted by molar-refractivity contribution is -0.140. The molecule has 0 aromatic heterocycles. The summed E-state index contributed by atoms with van der Waals surface area (Å²) in [5, 5.41) is 3.37. The summed E-state index contributed by atoms with van der Waals surface area (Å²) in [5.41, 5.74) is 1.90. The molecule has 1 N–H and O–H groups in total. The van der Waals surface area contributed by atoms with Crippen molar-refractivity contribution in [3.05, 3.63) is 125 Å². The Morgan fingerprint density at radius 2 is 1.40 bits per heavy atom. The number of hydrogen-bond acceptors (Lipinski definition) is 5. The molecule has 0 heterocycles. The molecule has 4 aromatic rings. The largest absolute Gasteiger partial charge is 0.457 e. The molecular weight excluding hydrogens is 586 g/mol. The molecule has 0 fully saturated rings. The van der Waals surface area contributed by atoms with E-state index in [-0.39, 0.29) is 18.9 Å². The zero-order valence-corrected chi connectivity index (χ0v) is 25.6. The molecule has 2 amide bonds. The van der Waals surface area contributed by atoms with E-state index in [9.17, 15) is 18.0 Å². The van der Waals surface area contributed by atoms with Gasteiger partial charge in [-0.15, -0.1) is 0 Å². The first kappa shape index (κ1) is 31.6. The Morgan fingerprint density at radius 1 is 0.814 bits per heavy atom. The Hall–Kier alpha value is -4.34. The summed E-state index contributed by atoms with van der Waals surface area (Å²) in [6, 6.07) is 31.1. The molecule has 0 bridgehead atoms. The molecule has 0 spiro atoms. The summed E-state index contributed by atoms with van der Waals surface area (Å²) in [7, 11) is -3.88. The van der Waals surface area contributed by atoms with Crippen LogP contribution in [-0.2, 0) is 32.6 Å². The fraction of sp³-hybridized carbons (Fsp3) is 0.212. The van der Waals surface area contributed by atoms with Crippen molar-refractivity contribution < 1.29 is 22.7 Å². The molecule has 4 rings (SSSR count). The molecule has 1 atom stereocenters. The molecule has 0 radical (unpaired) electrons. The third-order valence-electron chi connectivity index (χ3n) is 6.67. The van der Waals surface area contributed by atoms with Gasteiger partial charge in [-0.05, 0) is 66.6 Å². The molecule has 10 heteroatoms. The van der Waals surface area contributed by atoms with E-state index < -0.39 is 28.5 Å². The van der Waals surface area contributed by atoms with Gasteiger partial charge in [-0.25, -0.2) is 8.42 Å². The van der Waals surface area contributed by atoms with E-state index in [4.69, 9.17) is 16.3 Å². The maximum Gasteiger partial charge on any atom is 0.244 e. The summed E-state index contributed by atoms with van der Waals surface area (Å²) >= 11 is 6.09. The van der Waals surface area contributed by atoms with Gasteiger partial charge in [0.15, 0.2) is 0 Å².